The largest absolute Gasteiger partial charge is 0.351 e. The lowest BCUT2D eigenvalue weighted by molar-refractivity contribution is 0.0951. The molecule has 1 aromatic heterocycles. The molecule has 3 aromatic rings. The summed E-state index contributed by atoms with van der Waals surface area (Å²) in [6.45, 7) is 3.56. The van der Waals surface area contributed by atoms with Gasteiger partial charge in [0.25, 0.3) is 5.91 Å². The number of amides is 3. The Morgan fingerprint density at radius 2 is 1.94 bits per heavy atom. The minimum atomic E-state index is -0.354. The van der Waals surface area contributed by atoms with E-state index in [1.165, 1.54) is 11.0 Å². The molecule has 3 amide bonds. The van der Waals surface area contributed by atoms with Gasteiger partial charge in [0.05, 0.1) is 5.69 Å². The number of anilines is 1. The van der Waals surface area contributed by atoms with Crippen LogP contribution in [0.4, 0.5) is 10.5 Å². The topological polar surface area (TPSA) is 117 Å². The first-order valence-electron chi connectivity index (χ1n) is 9.83. The predicted molar refractivity (Wildman–Crippen MR) is 117 cm³/mol. The molecule has 0 aliphatic carbocycles. The van der Waals surface area contributed by atoms with Crippen LogP contribution in [-0.2, 0) is 6.54 Å². The average molecular weight is 422 g/mol. The van der Waals surface area contributed by atoms with Gasteiger partial charge >= 0.3 is 6.03 Å². The molecule has 0 aliphatic heterocycles. The lowest BCUT2D eigenvalue weighted by atomic mass is 10.1. The summed E-state index contributed by atoms with van der Waals surface area (Å²) in [7, 11) is 3.90. The van der Waals surface area contributed by atoms with Crippen molar-refractivity contribution in [1.82, 2.24) is 35.7 Å². The van der Waals surface area contributed by atoms with Crippen LogP contribution in [0, 0.1) is 6.92 Å². The number of benzene rings is 2. The van der Waals surface area contributed by atoms with Crippen LogP contribution in [0.15, 0.2) is 48.8 Å². The van der Waals surface area contributed by atoms with Crippen LogP contribution in [0.5, 0.6) is 0 Å². The maximum atomic E-state index is 12.3. The van der Waals surface area contributed by atoms with Crippen LogP contribution in [-0.4, -0.2) is 64.2 Å². The maximum absolute atomic E-state index is 12.3. The van der Waals surface area contributed by atoms with Crippen LogP contribution in [0.3, 0.4) is 0 Å². The highest BCUT2D eigenvalue weighted by Crippen LogP contribution is 2.18. The van der Waals surface area contributed by atoms with Crippen LogP contribution in [0.25, 0.3) is 5.69 Å². The smallest absolute Gasteiger partial charge is 0.319 e. The van der Waals surface area contributed by atoms with E-state index in [2.05, 4.69) is 31.5 Å². The van der Waals surface area contributed by atoms with Gasteiger partial charge in [0, 0.05) is 30.9 Å². The third kappa shape index (κ3) is 6.34. The van der Waals surface area contributed by atoms with Crippen LogP contribution in [0.1, 0.15) is 21.5 Å². The number of nitrogens with zero attached hydrogens (tertiary/aromatic N) is 5. The van der Waals surface area contributed by atoms with E-state index in [0.717, 1.165) is 23.4 Å². The second-order valence-electron chi connectivity index (χ2n) is 7.32. The van der Waals surface area contributed by atoms with E-state index >= 15 is 0 Å². The fourth-order valence-corrected chi connectivity index (χ4v) is 2.88. The Balaban J connectivity index is 1.55. The lowest BCUT2D eigenvalue weighted by Crippen LogP contribution is -2.31. The molecule has 0 fully saturated rings. The summed E-state index contributed by atoms with van der Waals surface area (Å²) < 4.78 is 1.54. The van der Waals surface area contributed by atoms with Crippen molar-refractivity contribution >= 4 is 17.6 Å². The van der Waals surface area contributed by atoms with Crippen LogP contribution < -0.4 is 16.0 Å². The van der Waals surface area contributed by atoms with Gasteiger partial charge in [-0.2, -0.15) is 0 Å². The lowest BCUT2D eigenvalue weighted by Gasteiger charge is -2.12. The van der Waals surface area contributed by atoms with Gasteiger partial charge < -0.3 is 20.9 Å². The molecule has 10 nitrogen and oxygen atoms in total. The quantitative estimate of drug-likeness (QED) is 0.507. The number of tetrazole rings is 1. The Labute approximate surface area is 180 Å². The van der Waals surface area contributed by atoms with Crippen molar-refractivity contribution in [2.24, 2.45) is 0 Å². The SMILES string of the molecule is Cc1ccc(NC(=O)NCc2cccc(C(=O)NCCN(C)C)c2)cc1-n1cnnn1. The molecule has 31 heavy (non-hydrogen) atoms. The molecule has 3 N–H and O–H groups in total. The third-order valence-electron chi connectivity index (χ3n) is 4.55. The molecular formula is C21H26N8O2. The fraction of sp³-hybridized carbons (Fsp3) is 0.286. The number of hydrogen-bond donors (Lipinski definition) is 3. The van der Waals surface area contributed by atoms with Crippen LogP contribution in [0.2, 0.25) is 0 Å². The van der Waals surface area contributed by atoms with Gasteiger partial charge in [-0.05, 0) is 66.8 Å². The highest BCUT2D eigenvalue weighted by molar-refractivity contribution is 5.94. The normalized spacial score (nSPS) is 10.7. The molecule has 0 bridgehead atoms. The summed E-state index contributed by atoms with van der Waals surface area (Å²) in [6.07, 6.45) is 1.50. The third-order valence-corrected chi connectivity index (χ3v) is 4.55. The Morgan fingerprint density at radius 1 is 1.10 bits per heavy atom. The van der Waals surface area contributed by atoms with Gasteiger partial charge in [-0.25, -0.2) is 9.48 Å². The average Bonchev–Trinajstić information content (AvgIpc) is 3.28. The molecule has 3 rings (SSSR count). The van der Waals surface area contributed by atoms with E-state index < -0.39 is 0 Å². The van der Waals surface area contributed by atoms with E-state index in [1.54, 1.807) is 24.3 Å². The second-order valence-corrected chi connectivity index (χ2v) is 7.32. The Hall–Kier alpha value is -3.79. The highest BCUT2D eigenvalue weighted by Gasteiger charge is 2.09. The standard InChI is InChI=1S/C21H26N8O2/c1-15-7-8-18(12-19(15)29-14-24-26-27-29)25-21(31)23-13-16-5-4-6-17(11-16)20(30)22-9-10-28(2)3/h4-8,11-12,14H,9-10,13H2,1-3H3,(H,22,30)(H2,23,25,31). The molecule has 10 heteroatoms. The van der Waals surface area contributed by atoms with Crippen molar-refractivity contribution < 1.29 is 9.59 Å². The number of hydrogen-bond acceptors (Lipinski definition) is 6. The van der Waals surface area contributed by atoms with Crippen molar-refractivity contribution in [3.8, 4) is 5.69 Å². The summed E-state index contributed by atoms with van der Waals surface area (Å²) in [5.41, 5.74) is 3.74. The van der Waals surface area contributed by atoms with Crippen LogP contribution >= 0.6 is 0 Å². The molecule has 0 unspecified atom stereocenters. The number of rotatable bonds is 8. The number of likely N-dealkylation sites (N-methyl/N-ethyl adjacent to an activating group) is 1. The molecule has 0 saturated heterocycles. The number of aromatic nitrogens is 4. The first kappa shape index (κ1) is 21.9. The summed E-state index contributed by atoms with van der Waals surface area (Å²) >= 11 is 0. The molecule has 0 saturated carbocycles. The number of nitrogens with one attached hydrogen (secondary N) is 3. The first-order chi connectivity index (χ1) is 14.9. The monoisotopic (exact) mass is 422 g/mol. The van der Waals surface area contributed by atoms with Gasteiger partial charge in [-0.15, -0.1) is 5.10 Å². The summed E-state index contributed by atoms with van der Waals surface area (Å²) in [5.74, 6) is -0.136. The molecule has 0 atom stereocenters. The van der Waals surface area contributed by atoms with Crippen molar-refractivity contribution in [3.05, 3.63) is 65.5 Å². The molecule has 0 aliphatic rings. The van der Waals surface area contributed by atoms with Crippen molar-refractivity contribution in [2.45, 2.75) is 13.5 Å². The Kier molecular flexibility index (Phi) is 7.28. The van der Waals surface area contributed by atoms with Gasteiger partial charge in [-0.3, -0.25) is 4.79 Å². The van der Waals surface area contributed by atoms with Crippen molar-refractivity contribution in [1.29, 1.82) is 0 Å². The molecular weight excluding hydrogens is 396 g/mol. The van der Waals surface area contributed by atoms with E-state index in [9.17, 15) is 9.59 Å². The van der Waals surface area contributed by atoms with E-state index in [-0.39, 0.29) is 18.5 Å². The zero-order valence-corrected chi connectivity index (χ0v) is 17.8. The molecule has 0 spiro atoms. The van der Waals surface area contributed by atoms with Gasteiger partial charge in [0.15, 0.2) is 0 Å². The Morgan fingerprint density at radius 3 is 2.68 bits per heavy atom. The summed E-state index contributed by atoms with van der Waals surface area (Å²) in [4.78, 5) is 26.6. The molecule has 162 valence electrons. The zero-order valence-electron chi connectivity index (χ0n) is 17.8. The molecule has 0 radical (unpaired) electrons. The maximum Gasteiger partial charge on any atom is 0.319 e. The molecule has 2 aromatic carbocycles. The minimum Gasteiger partial charge on any atom is -0.351 e. The Bertz CT molecular complexity index is 1030. The van der Waals surface area contributed by atoms with Crippen molar-refractivity contribution in [2.75, 3.05) is 32.5 Å². The number of aryl methyl sites for hydroxylation is 1. The number of urea groups is 1. The molecule has 1 heterocycles. The highest BCUT2D eigenvalue weighted by atomic mass is 16.2. The minimum absolute atomic E-state index is 0.136. The second kappa shape index (κ2) is 10.3. The zero-order chi connectivity index (χ0) is 22.2. The summed E-state index contributed by atoms with van der Waals surface area (Å²) in [5, 5.41) is 19.6. The fourth-order valence-electron chi connectivity index (χ4n) is 2.88. The predicted octanol–water partition coefficient (Wildman–Crippen LogP) is 1.58. The van der Waals surface area contributed by atoms with Crippen molar-refractivity contribution in [3.63, 3.8) is 0 Å². The van der Waals surface area contributed by atoms with E-state index in [1.807, 2.05) is 44.1 Å². The van der Waals surface area contributed by atoms with E-state index in [4.69, 9.17) is 0 Å². The van der Waals surface area contributed by atoms with Gasteiger partial charge in [0.2, 0.25) is 0 Å². The van der Waals surface area contributed by atoms with Gasteiger partial charge in [-0.1, -0.05) is 18.2 Å². The number of carbonyl (C=O) groups excluding carboxylic acids is 2. The summed E-state index contributed by atoms with van der Waals surface area (Å²) in [6, 6.07) is 12.3. The number of carbonyl (C=O) groups is 2. The van der Waals surface area contributed by atoms with Gasteiger partial charge in [0.1, 0.15) is 6.33 Å². The van der Waals surface area contributed by atoms with E-state index in [0.29, 0.717) is 17.8 Å². The first-order valence-corrected chi connectivity index (χ1v) is 9.83.